The number of benzene rings is 2. The van der Waals surface area contributed by atoms with Crippen molar-refractivity contribution in [2.24, 2.45) is 0 Å². The predicted octanol–water partition coefficient (Wildman–Crippen LogP) is 5.34. The summed E-state index contributed by atoms with van der Waals surface area (Å²) >= 11 is 10.4. The molecule has 3 nitrogen and oxygen atoms in total. The van der Waals surface area contributed by atoms with Crippen molar-refractivity contribution in [3.63, 3.8) is 0 Å². The Balaban J connectivity index is 1.84. The van der Waals surface area contributed by atoms with Crippen molar-refractivity contribution in [3.05, 3.63) is 74.1 Å². The summed E-state index contributed by atoms with van der Waals surface area (Å²) < 4.78 is 0.918. The number of imide groups is 1. The van der Waals surface area contributed by atoms with E-state index in [1.54, 1.807) is 12.1 Å². The van der Waals surface area contributed by atoms with Gasteiger partial charge in [-0.1, -0.05) is 57.9 Å². The number of nitrogens with zero attached hydrogens (tertiary/aromatic N) is 1. The number of hydrogen-bond acceptors (Lipinski definition) is 3. The summed E-state index contributed by atoms with van der Waals surface area (Å²) in [6, 6.07) is 14.8. The van der Waals surface area contributed by atoms with Gasteiger partial charge in [0, 0.05) is 9.50 Å². The molecule has 2 aromatic rings. The van der Waals surface area contributed by atoms with Gasteiger partial charge in [-0.2, -0.15) is 0 Å². The first-order valence-corrected chi connectivity index (χ1v) is 8.77. The molecule has 2 aromatic carbocycles. The number of carbonyl (C=O) groups excluding carboxylic acids is 2. The zero-order chi connectivity index (χ0) is 16.4. The first-order chi connectivity index (χ1) is 11.0. The highest BCUT2D eigenvalue weighted by atomic mass is 79.9. The molecule has 116 valence electrons. The summed E-state index contributed by atoms with van der Waals surface area (Å²) in [5.41, 5.74) is 1.61. The smallest absolute Gasteiger partial charge is 0.268 e. The molecule has 0 N–H and O–H groups in total. The summed E-state index contributed by atoms with van der Waals surface area (Å²) in [5.74, 6) is -0.292. The van der Waals surface area contributed by atoms with Gasteiger partial charge in [-0.3, -0.25) is 14.5 Å². The Morgan fingerprint density at radius 3 is 2.65 bits per heavy atom. The van der Waals surface area contributed by atoms with E-state index < -0.39 is 0 Å². The van der Waals surface area contributed by atoms with Gasteiger partial charge in [0.25, 0.3) is 11.1 Å². The van der Waals surface area contributed by atoms with Gasteiger partial charge < -0.3 is 0 Å². The van der Waals surface area contributed by atoms with Gasteiger partial charge in [-0.15, -0.1) is 0 Å². The van der Waals surface area contributed by atoms with Crippen LogP contribution in [0.5, 0.6) is 0 Å². The van der Waals surface area contributed by atoms with Crippen molar-refractivity contribution in [2.75, 3.05) is 0 Å². The Morgan fingerprint density at radius 1 is 1.13 bits per heavy atom. The van der Waals surface area contributed by atoms with Crippen molar-refractivity contribution in [1.29, 1.82) is 0 Å². The monoisotopic (exact) mass is 407 g/mol. The Hall–Kier alpha value is -1.56. The minimum Gasteiger partial charge on any atom is -0.268 e. The van der Waals surface area contributed by atoms with Crippen LogP contribution in [0.4, 0.5) is 4.79 Å². The SMILES string of the molecule is O=C1S/C(=C/c2cccc(Br)c2)C(=O)N1Cc1ccccc1Cl. The van der Waals surface area contributed by atoms with E-state index in [2.05, 4.69) is 15.9 Å². The maximum atomic E-state index is 12.5. The fraction of sp³-hybridized carbons (Fsp3) is 0.0588. The average Bonchev–Trinajstić information content (AvgIpc) is 2.77. The van der Waals surface area contributed by atoms with E-state index in [4.69, 9.17) is 11.6 Å². The molecule has 0 aliphatic carbocycles. The normalized spacial score (nSPS) is 16.4. The van der Waals surface area contributed by atoms with E-state index in [0.717, 1.165) is 27.4 Å². The molecule has 1 fully saturated rings. The number of amides is 2. The second-order valence-corrected chi connectivity index (χ2v) is 7.23. The highest BCUT2D eigenvalue weighted by molar-refractivity contribution is 9.10. The van der Waals surface area contributed by atoms with Gasteiger partial charge in [0.05, 0.1) is 11.4 Å². The summed E-state index contributed by atoms with van der Waals surface area (Å²) in [6.07, 6.45) is 1.72. The minimum absolute atomic E-state index is 0.181. The number of thioether (sulfide) groups is 1. The lowest BCUT2D eigenvalue weighted by atomic mass is 10.2. The van der Waals surface area contributed by atoms with Crippen molar-refractivity contribution in [3.8, 4) is 0 Å². The highest BCUT2D eigenvalue weighted by Crippen LogP contribution is 2.34. The molecule has 3 rings (SSSR count). The van der Waals surface area contributed by atoms with Gasteiger partial charge in [0.1, 0.15) is 0 Å². The molecule has 0 atom stereocenters. The van der Waals surface area contributed by atoms with E-state index in [1.807, 2.05) is 42.5 Å². The molecular weight excluding hydrogens is 398 g/mol. The van der Waals surface area contributed by atoms with Crippen LogP contribution < -0.4 is 0 Å². The minimum atomic E-state index is -0.292. The maximum Gasteiger partial charge on any atom is 0.293 e. The van der Waals surface area contributed by atoms with Crippen LogP contribution in [-0.2, 0) is 11.3 Å². The van der Waals surface area contributed by atoms with E-state index in [1.165, 1.54) is 4.90 Å². The second-order valence-electron chi connectivity index (χ2n) is 4.91. The molecule has 0 aromatic heterocycles. The quantitative estimate of drug-likeness (QED) is 0.643. The summed E-state index contributed by atoms with van der Waals surface area (Å²) in [4.78, 5) is 26.3. The van der Waals surface area contributed by atoms with Gasteiger partial charge in [-0.25, -0.2) is 0 Å². The van der Waals surface area contributed by atoms with Crippen molar-refractivity contribution >= 4 is 56.5 Å². The fourth-order valence-corrected chi connectivity index (χ4v) is 3.63. The van der Waals surface area contributed by atoms with E-state index in [9.17, 15) is 9.59 Å². The largest absolute Gasteiger partial charge is 0.293 e. The lowest BCUT2D eigenvalue weighted by molar-refractivity contribution is -0.123. The molecule has 6 heteroatoms. The third-order valence-electron chi connectivity index (χ3n) is 3.31. The molecule has 0 spiro atoms. The Bertz CT molecular complexity index is 822. The molecule has 0 radical (unpaired) electrons. The molecule has 1 saturated heterocycles. The van der Waals surface area contributed by atoms with E-state index in [0.29, 0.717) is 9.93 Å². The molecule has 0 bridgehead atoms. The number of carbonyl (C=O) groups is 2. The molecule has 2 amide bonds. The van der Waals surface area contributed by atoms with Crippen LogP contribution in [0.25, 0.3) is 6.08 Å². The maximum absolute atomic E-state index is 12.5. The molecular formula is C17H11BrClNO2S. The second kappa shape index (κ2) is 6.91. The van der Waals surface area contributed by atoms with Crippen LogP contribution in [0.1, 0.15) is 11.1 Å². The van der Waals surface area contributed by atoms with Crippen LogP contribution >= 0.6 is 39.3 Å². The Morgan fingerprint density at radius 2 is 1.91 bits per heavy atom. The van der Waals surface area contributed by atoms with Crippen LogP contribution in [0.15, 0.2) is 57.9 Å². The molecule has 0 unspecified atom stereocenters. The molecule has 23 heavy (non-hydrogen) atoms. The van der Waals surface area contributed by atoms with Gasteiger partial charge in [0.15, 0.2) is 0 Å². The summed E-state index contributed by atoms with van der Waals surface area (Å²) in [6.45, 7) is 0.181. The van der Waals surface area contributed by atoms with Gasteiger partial charge in [-0.05, 0) is 47.2 Å². The van der Waals surface area contributed by atoms with E-state index >= 15 is 0 Å². The molecule has 1 aliphatic rings. The topological polar surface area (TPSA) is 37.4 Å². The summed E-state index contributed by atoms with van der Waals surface area (Å²) in [7, 11) is 0. The van der Waals surface area contributed by atoms with E-state index in [-0.39, 0.29) is 17.7 Å². The Kier molecular flexibility index (Phi) is 4.90. The third kappa shape index (κ3) is 3.68. The van der Waals surface area contributed by atoms with Crippen LogP contribution in [0.3, 0.4) is 0 Å². The first-order valence-electron chi connectivity index (χ1n) is 6.79. The molecule has 1 heterocycles. The summed E-state index contributed by atoms with van der Waals surface area (Å²) in [5, 5.41) is 0.263. The van der Waals surface area contributed by atoms with Crippen LogP contribution in [0, 0.1) is 0 Å². The average molecular weight is 409 g/mol. The lowest BCUT2D eigenvalue weighted by Crippen LogP contribution is -2.27. The van der Waals surface area contributed by atoms with Crippen LogP contribution in [-0.4, -0.2) is 16.0 Å². The van der Waals surface area contributed by atoms with Gasteiger partial charge in [0.2, 0.25) is 0 Å². The number of hydrogen-bond donors (Lipinski definition) is 0. The zero-order valence-electron chi connectivity index (χ0n) is 11.8. The third-order valence-corrected chi connectivity index (χ3v) is 5.08. The van der Waals surface area contributed by atoms with Crippen molar-refractivity contribution in [1.82, 2.24) is 4.90 Å². The van der Waals surface area contributed by atoms with Gasteiger partial charge >= 0.3 is 0 Å². The standard InChI is InChI=1S/C17H11BrClNO2S/c18-13-6-3-4-11(8-13)9-15-16(21)20(17(22)23-15)10-12-5-1-2-7-14(12)19/h1-9H,10H2/b15-9+. The fourth-order valence-electron chi connectivity index (χ4n) is 2.18. The van der Waals surface area contributed by atoms with Crippen molar-refractivity contribution in [2.45, 2.75) is 6.54 Å². The zero-order valence-corrected chi connectivity index (χ0v) is 15.0. The predicted molar refractivity (Wildman–Crippen MR) is 97.1 cm³/mol. The van der Waals surface area contributed by atoms with Crippen molar-refractivity contribution < 1.29 is 9.59 Å². The highest BCUT2D eigenvalue weighted by Gasteiger charge is 2.35. The number of halogens is 2. The Labute approximate surface area is 151 Å². The molecule has 0 saturated carbocycles. The molecule has 1 aliphatic heterocycles. The first kappa shape index (κ1) is 16.3. The van der Waals surface area contributed by atoms with Crippen LogP contribution in [0.2, 0.25) is 5.02 Å². The number of rotatable bonds is 3. The lowest BCUT2D eigenvalue weighted by Gasteiger charge is -2.13.